The lowest BCUT2D eigenvalue weighted by Crippen LogP contribution is -1.95. The minimum atomic E-state index is 0.818. The molecule has 0 saturated heterocycles. The molecule has 0 heterocycles. The van der Waals surface area contributed by atoms with Crippen LogP contribution in [0.2, 0.25) is 0 Å². The first-order valence-electron chi connectivity index (χ1n) is 6.56. The van der Waals surface area contributed by atoms with Gasteiger partial charge in [-0.15, -0.1) is 0 Å². The molecular weight excluding hydrogens is 236 g/mol. The van der Waals surface area contributed by atoms with Gasteiger partial charge in [0, 0.05) is 6.07 Å². The monoisotopic (exact) mass is 256 g/mol. The first-order valence-corrected chi connectivity index (χ1v) is 6.56. The Labute approximate surface area is 115 Å². The maximum atomic E-state index is 6.12. The molecule has 2 aromatic carbocycles. The minimum absolute atomic E-state index is 0.818. The molecule has 0 aliphatic carbocycles. The smallest absolute Gasteiger partial charge is 0.134 e. The summed E-state index contributed by atoms with van der Waals surface area (Å²) in [4.78, 5) is 0. The number of methoxy groups -OCH3 is 1. The lowest BCUT2D eigenvalue weighted by molar-refractivity contribution is 0.407. The van der Waals surface area contributed by atoms with Gasteiger partial charge in [0.15, 0.2) is 0 Å². The summed E-state index contributed by atoms with van der Waals surface area (Å²) in [5.74, 6) is 2.63. The number of hydrogen-bond donors (Lipinski definition) is 0. The topological polar surface area (TPSA) is 18.5 Å². The molecule has 2 heteroatoms. The fourth-order valence-electron chi connectivity index (χ4n) is 2.12. The first-order chi connectivity index (χ1) is 9.15. The van der Waals surface area contributed by atoms with Gasteiger partial charge >= 0.3 is 0 Å². The van der Waals surface area contributed by atoms with Crippen LogP contribution in [0, 0.1) is 13.8 Å². The molecular formula is C17H20O2. The van der Waals surface area contributed by atoms with Crippen LogP contribution in [0.15, 0.2) is 36.4 Å². The van der Waals surface area contributed by atoms with Crippen molar-refractivity contribution < 1.29 is 9.47 Å². The van der Waals surface area contributed by atoms with Gasteiger partial charge in [0.05, 0.1) is 7.11 Å². The lowest BCUT2D eigenvalue weighted by atomic mass is 10.1. The maximum Gasteiger partial charge on any atom is 0.134 e. The Bertz CT molecular complexity index is 553. The third-order valence-electron chi connectivity index (χ3n) is 3.28. The number of hydrogen-bond acceptors (Lipinski definition) is 2. The van der Waals surface area contributed by atoms with Crippen LogP contribution in [-0.4, -0.2) is 7.11 Å². The summed E-state index contributed by atoms with van der Waals surface area (Å²) >= 11 is 0. The summed E-state index contributed by atoms with van der Waals surface area (Å²) in [5, 5.41) is 0. The highest BCUT2D eigenvalue weighted by molar-refractivity contribution is 5.47. The van der Waals surface area contributed by atoms with Crippen LogP contribution in [-0.2, 0) is 6.42 Å². The molecule has 0 radical (unpaired) electrons. The van der Waals surface area contributed by atoms with Crippen LogP contribution >= 0.6 is 0 Å². The molecule has 0 atom stereocenters. The molecule has 0 aliphatic heterocycles. The van der Waals surface area contributed by atoms with Crippen molar-refractivity contribution in [2.75, 3.05) is 7.11 Å². The van der Waals surface area contributed by atoms with E-state index in [1.165, 1.54) is 5.56 Å². The van der Waals surface area contributed by atoms with Crippen molar-refractivity contribution in [3.63, 3.8) is 0 Å². The van der Waals surface area contributed by atoms with Crippen LogP contribution in [0.4, 0.5) is 0 Å². The average molecular weight is 256 g/mol. The van der Waals surface area contributed by atoms with Crippen LogP contribution in [0.1, 0.15) is 23.6 Å². The van der Waals surface area contributed by atoms with E-state index in [-0.39, 0.29) is 0 Å². The predicted octanol–water partition coefficient (Wildman–Crippen LogP) is 4.67. The number of rotatable bonds is 4. The summed E-state index contributed by atoms with van der Waals surface area (Å²) in [5.41, 5.74) is 3.47. The van der Waals surface area contributed by atoms with Gasteiger partial charge in [0.2, 0.25) is 0 Å². The zero-order valence-electron chi connectivity index (χ0n) is 12.0. The summed E-state index contributed by atoms with van der Waals surface area (Å²) in [7, 11) is 1.67. The highest BCUT2D eigenvalue weighted by Gasteiger charge is 2.09. The van der Waals surface area contributed by atoms with Crippen molar-refractivity contribution in [3.05, 3.63) is 53.1 Å². The van der Waals surface area contributed by atoms with Crippen LogP contribution in [0.3, 0.4) is 0 Å². The third-order valence-corrected chi connectivity index (χ3v) is 3.28. The molecule has 0 bridgehead atoms. The SMILES string of the molecule is CCc1ccc(OC)cc1Oc1c(C)cccc1C. The Morgan fingerprint density at radius 3 is 2.26 bits per heavy atom. The molecule has 0 N–H and O–H groups in total. The summed E-state index contributed by atoms with van der Waals surface area (Å²) < 4.78 is 11.4. The first kappa shape index (κ1) is 13.5. The Balaban J connectivity index is 2.42. The van der Waals surface area contributed by atoms with Crippen LogP contribution < -0.4 is 9.47 Å². The number of aryl methyl sites for hydroxylation is 3. The second kappa shape index (κ2) is 5.79. The maximum absolute atomic E-state index is 6.12. The molecule has 2 nitrogen and oxygen atoms in total. The normalized spacial score (nSPS) is 10.3. The fourth-order valence-corrected chi connectivity index (χ4v) is 2.12. The predicted molar refractivity (Wildman–Crippen MR) is 78.4 cm³/mol. The standard InChI is InChI=1S/C17H20O2/c1-5-14-9-10-15(18-4)11-16(14)19-17-12(2)7-6-8-13(17)3/h6-11H,5H2,1-4H3. The molecule has 19 heavy (non-hydrogen) atoms. The Hall–Kier alpha value is -1.96. The Kier molecular flexibility index (Phi) is 4.10. The molecule has 0 spiro atoms. The van der Waals surface area contributed by atoms with E-state index in [9.17, 15) is 0 Å². The van der Waals surface area contributed by atoms with Crippen molar-refractivity contribution in [2.24, 2.45) is 0 Å². The number of benzene rings is 2. The largest absolute Gasteiger partial charge is 0.497 e. The molecule has 0 aliphatic rings. The van der Waals surface area contributed by atoms with Crippen molar-refractivity contribution in [2.45, 2.75) is 27.2 Å². The fraction of sp³-hybridized carbons (Fsp3) is 0.294. The quantitative estimate of drug-likeness (QED) is 0.791. The molecule has 0 amide bonds. The Morgan fingerprint density at radius 1 is 1.00 bits per heavy atom. The van der Waals surface area contributed by atoms with E-state index in [0.717, 1.165) is 34.8 Å². The molecule has 2 rings (SSSR count). The minimum Gasteiger partial charge on any atom is -0.497 e. The van der Waals surface area contributed by atoms with Gasteiger partial charge in [-0.3, -0.25) is 0 Å². The summed E-state index contributed by atoms with van der Waals surface area (Å²) in [6.45, 7) is 6.25. The van der Waals surface area contributed by atoms with E-state index in [4.69, 9.17) is 9.47 Å². The van der Waals surface area contributed by atoms with Gasteiger partial charge in [0.25, 0.3) is 0 Å². The summed E-state index contributed by atoms with van der Waals surface area (Å²) in [6, 6.07) is 12.1. The number of ether oxygens (including phenoxy) is 2. The molecule has 0 saturated carbocycles. The van der Waals surface area contributed by atoms with Crippen LogP contribution in [0.5, 0.6) is 17.2 Å². The van der Waals surface area contributed by atoms with Crippen molar-refractivity contribution in [1.29, 1.82) is 0 Å². The highest BCUT2D eigenvalue weighted by atomic mass is 16.5. The van der Waals surface area contributed by atoms with Gasteiger partial charge in [0.1, 0.15) is 17.2 Å². The van der Waals surface area contributed by atoms with Gasteiger partial charge in [-0.1, -0.05) is 31.2 Å². The van der Waals surface area contributed by atoms with Crippen molar-refractivity contribution >= 4 is 0 Å². The summed E-state index contributed by atoms with van der Waals surface area (Å²) in [6.07, 6.45) is 0.935. The van der Waals surface area contributed by atoms with Gasteiger partial charge in [-0.2, -0.15) is 0 Å². The third kappa shape index (κ3) is 2.90. The van der Waals surface area contributed by atoms with E-state index in [1.807, 2.05) is 18.2 Å². The molecule has 2 aromatic rings. The molecule has 100 valence electrons. The van der Waals surface area contributed by atoms with E-state index in [0.29, 0.717) is 0 Å². The van der Waals surface area contributed by atoms with Gasteiger partial charge in [-0.05, 0) is 43.0 Å². The van der Waals surface area contributed by atoms with E-state index >= 15 is 0 Å². The zero-order valence-corrected chi connectivity index (χ0v) is 12.0. The average Bonchev–Trinajstić information content (AvgIpc) is 2.42. The Morgan fingerprint density at radius 2 is 1.68 bits per heavy atom. The highest BCUT2D eigenvalue weighted by Crippen LogP contribution is 2.33. The van der Waals surface area contributed by atoms with Crippen LogP contribution in [0.25, 0.3) is 0 Å². The second-order valence-corrected chi connectivity index (χ2v) is 4.65. The lowest BCUT2D eigenvalue weighted by Gasteiger charge is -2.15. The van der Waals surface area contributed by atoms with E-state index in [1.54, 1.807) is 7.11 Å². The van der Waals surface area contributed by atoms with E-state index < -0.39 is 0 Å². The van der Waals surface area contributed by atoms with Gasteiger partial charge < -0.3 is 9.47 Å². The zero-order chi connectivity index (χ0) is 13.8. The molecule has 0 aromatic heterocycles. The van der Waals surface area contributed by atoms with Gasteiger partial charge in [-0.25, -0.2) is 0 Å². The van der Waals surface area contributed by atoms with E-state index in [2.05, 4.69) is 39.0 Å². The van der Waals surface area contributed by atoms with Crippen molar-refractivity contribution in [1.82, 2.24) is 0 Å². The molecule has 0 unspecified atom stereocenters. The van der Waals surface area contributed by atoms with Crippen molar-refractivity contribution in [3.8, 4) is 17.2 Å². The number of para-hydroxylation sites is 1. The molecule has 0 fully saturated rings. The second-order valence-electron chi connectivity index (χ2n) is 4.65.